The quantitative estimate of drug-likeness (QED) is 0.684. The predicted octanol–water partition coefficient (Wildman–Crippen LogP) is 4.37. The summed E-state index contributed by atoms with van der Waals surface area (Å²) in [6.07, 6.45) is 5.86. The number of aryl methyl sites for hydroxylation is 1. The minimum atomic E-state index is -0.388. The molecular formula is C24H31NO4S. The molecular weight excluding hydrogens is 398 g/mol. The second kappa shape index (κ2) is 8.58. The van der Waals surface area contributed by atoms with Gasteiger partial charge in [0.05, 0.1) is 31.1 Å². The molecule has 3 fully saturated rings. The standard InChI is InChI=1S/C24H31NO4S/c1-2-14-5-6-17(9-19(14)15-3-4-15)28-12-20-18-7-8-22(29-23(18)10-21(20)27)24-25-16(11-26)13-30-24/h5-6,9,13,15,18,20-23,26-27H,2-4,7-8,10-12H2,1H3/t18-,20-,21+,22-,23+/m1/s1. The molecule has 0 radical (unpaired) electrons. The molecule has 162 valence electrons. The lowest BCUT2D eigenvalue weighted by atomic mass is 9.87. The lowest BCUT2D eigenvalue weighted by molar-refractivity contribution is -0.0812. The minimum Gasteiger partial charge on any atom is -0.493 e. The second-order valence-corrected chi connectivity index (χ2v) is 9.90. The summed E-state index contributed by atoms with van der Waals surface area (Å²) < 4.78 is 12.5. The molecule has 2 N–H and O–H groups in total. The van der Waals surface area contributed by atoms with Crippen LogP contribution < -0.4 is 4.74 Å². The molecule has 5 atom stereocenters. The van der Waals surface area contributed by atoms with E-state index in [0.717, 1.165) is 30.0 Å². The number of rotatable bonds is 7. The van der Waals surface area contributed by atoms with Crippen molar-refractivity contribution in [1.82, 2.24) is 4.98 Å². The molecule has 5 rings (SSSR count). The Morgan fingerprint density at radius 1 is 1.23 bits per heavy atom. The van der Waals surface area contributed by atoms with Crippen LogP contribution in [0.25, 0.3) is 0 Å². The molecule has 30 heavy (non-hydrogen) atoms. The monoisotopic (exact) mass is 429 g/mol. The smallest absolute Gasteiger partial charge is 0.122 e. The molecule has 2 heterocycles. The normalized spacial score (nSPS) is 31.0. The molecule has 2 aliphatic carbocycles. The fraction of sp³-hybridized carbons (Fsp3) is 0.625. The van der Waals surface area contributed by atoms with Crippen LogP contribution >= 0.6 is 11.3 Å². The Morgan fingerprint density at radius 3 is 2.83 bits per heavy atom. The molecule has 0 amide bonds. The number of hydrogen-bond acceptors (Lipinski definition) is 6. The van der Waals surface area contributed by atoms with E-state index in [9.17, 15) is 10.2 Å². The number of nitrogens with zero attached hydrogens (tertiary/aromatic N) is 1. The molecule has 1 aromatic heterocycles. The molecule has 2 saturated carbocycles. The van der Waals surface area contributed by atoms with Crippen molar-refractivity contribution in [3.63, 3.8) is 0 Å². The minimum absolute atomic E-state index is 0.0221. The van der Waals surface area contributed by atoms with E-state index in [1.165, 1.54) is 24.0 Å². The summed E-state index contributed by atoms with van der Waals surface area (Å²) in [5, 5.41) is 22.8. The van der Waals surface area contributed by atoms with E-state index in [4.69, 9.17) is 9.47 Å². The zero-order valence-electron chi connectivity index (χ0n) is 17.5. The maximum absolute atomic E-state index is 10.7. The van der Waals surface area contributed by atoms with Crippen LogP contribution in [0.3, 0.4) is 0 Å². The van der Waals surface area contributed by atoms with Crippen molar-refractivity contribution in [3.8, 4) is 5.75 Å². The summed E-state index contributed by atoms with van der Waals surface area (Å²) in [5.41, 5.74) is 3.59. The van der Waals surface area contributed by atoms with Crippen molar-refractivity contribution in [2.45, 2.75) is 76.3 Å². The predicted molar refractivity (Wildman–Crippen MR) is 116 cm³/mol. The van der Waals surface area contributed by atoms with Gasteiger partial charge < -0.3 is 19.7 Å². The number of hydrogen-bond donors (Lipinski definition) is 2. The van der Waals surface area contributed by atoms with Crippen LogP contribution in [0.15, 0.2) is 23.6 Å². The molecule has 1 saturated heterocycles. The van der Waals surface area contributed by atoms with Crippen LogP contribution in [0.2, 0.25) is 0 Å². The SMILES string of the molecule is CCc1ccc(OC[C@@H]2[C@H]3CC[C@H](c4nc(CO)cs4)O[C@H]3C[C@@H]2O)cc1C1CC1. The number of aromatic nitrogens is 1. The third-order valence-electron chi connectivity index (χ3n) is 7.06. The molecule has 1 aromatic carbocycles. The Kier molecular flexibility index (Phi) is 5.84. The Hall–Kier alpha value is -1.47. The van der Waals surface area contributed by atoms with Crippen molar-refractivity contribution in [3.05, 3.63) is 45.4 Å². The van der Waals surface area contributed by atoms with Crippen LogP contribution in [-0.4, -0.2) is 34.0 Å². The topological polar surface area (TPSA) is 71.8 Å². The Bertz CT molecular complexity index is 880. The summed E-state index contributed by atoms with van der Waals surface area (Å²) in [4.78, 5) is 4.48. The number of aliphatic hydroxyl groups excluding tert-OH is 2. The molecule has 0 spiro atoms. The summed E-state index contributed by atoms with van der Waals surface area (Å²) in [7, 11) is 0. The fourth-order valence-electron chi connectivity index (χ4n) is 5.24. The molecule has 0 unspecified atom stereocenters. The van der Waals surface area contributed by atoms with Gasteiger partial charge in [0, 0.05) is 17.7 Å². The van der Waals surface area contributed by atoms with Gasteiger partial charge in [-0.1, -0.05) is 13.0 Å². The summed E-state index contributed by atoms with van der Waals surface area (Å²) in [6.45, 7) is 2.72. The number of benzene rings is 1. The van der Waals surface area contributed by atoms with Crippen LogP contribution in [0.4, 0.5) is 0 Å². The van der Waals surface area contributed by atoms with Gasteiger partial charge in [0.1, 0.15) is 16.9 Å². The van der Waals surface area contributed by atoms with E-state index in [2.05, 4.69) is 30.1 Å². The van der Waals surface area contributed by atoms with E-state index in [-0.39, 0.29) is 30.8 Å². The molecule has 3 aliphatic rings. The molecule has 2 aromatic rings. The summed E-state index contributed by atoms with van der Waals surface area (Å²) >= 11 is 1.55. The van der Waals surface area contributed by atoms with E-state index < -0.39 is 0 Å². The Balaban J connectivity index is 1.22. The van der Waals surface area contributed by atoms with E-state index >= 15 is 0 Å². The maximum atomic E-state index is 10.7. The number of fused-ring (bicyclic) bond motifs is 1. The van der Waals surface area contributed by atoms with Crippen molar-refractivity contribution < 1.29 is 19.7 Å². The van der Waals surface area contributed by atoms with E-state index in [1.54, 1.807) is 11.3 Å². The highest BCUT2D eigenvalue weighted by Gasteiger charge is 2.47. The highest BCUT2D eigenvalue weighted by molar-refractivity contribution is 7.09. The first-order valence-electron chi connectivity index (χ1n) is 11.3. The largest absolute Gasteiger partial charge is 0.493 e. The van der Waals surface area contributed by atoms with Gasteiger partial charge in [-0.05, 0) is 67.2 Å². The Morgan fingerprint density at radius 2 is 2.10 bits per heavy atom. The molecule has 6 heteroatoms. The van der Waals surface area contributed by atoms with Crippen molar-refractivity contribution in [2.75, 3.05) is 6.61 Å². The maximum Gasteiger partial charge on any atom is 0.122 e. The highest BCUT2D eigenvalue weighted by Crippen LogP contribution is 2.47. The summed E-state index contributed by atoms with van der Waals surface area (Å²) in [5.74, 6) is 2.08. The van der Waals surface area contributed by atoms with Gasteiger partial charge in [-0.2, -0.15) is 0 Å². The number of aliphatic hydroxyl groups is 2. The second-order valence-electron chi connectivity index (χ2n) is 9.01. The zero-order valence-corrected chi connectivity index (χ0v) is 18.3. The highest BCUT2D eigenvalue weighted by atomic mass is 32.1. The number of thiazole rings is 1. The lowest BCUT2D eigenvalue weighted by Gasteiger charge is -2.33. The third kappa shape index (κ3) is 4.03. The van der Waals surface area contributed by atoms with Crippen LogP contribution in [0.1, 0.15) is 72.9 Å². The van der Waals surface area contributed by atoms with Crippen molar-refractivity contribution >= 4 is 11.3 Å². The van der Waals surface area contributed by atoms with Gasteiger partial charge >= 0.3 is 0 Å². The van der Waals surface area contributed by atoms with Crippen LogP contribution in [0.5, 0.6) is 5.75 Å². The first kappa shape index (κ1) is 20.4. The Labute approximate surface area is 182 Å². The van der Waals surface area contributed by atoms with Gasteiger partial charge in [0.15, 0.2) is 0 Å². The fourth-order valence-corrected chi connectivity index (χ4v) is 6.12. The summed E-state index contributed by atoms with van der Waals surface area (Å²) in [6, 6.07) is 6.52. The van der Waals surface area contributed by atoms with Crippen LogP contribution in [-0.2, 0) is 17.8 Å². The molecule has 5 nitrogen and oxygen atoms in total. The van der Waals surface area contributed by atoms with Gasteiger partial charge in [0.2, 0.25) is 0 Å². The van der Waals surface area contributed by atoms with Gasteiger partial charge in [-0.3, -0.25) is 0 Å². The number of ether oxygens (including phenoxy) is 2. The molecule has 1 aliphatic heterocycles. The van der Waals surface area contributed by atoms with Crippen molar-refractivity contribution in [2.24, 2.45) is 11.8 Å². The average molecular weight is 430 g/mol. The third-order valence-corrected chi connectivity index (χ3v) is 8.05. The van der Waals surface area contributed by atoms with Gasteiger partial charge in [-0.15, -0.1) is 11.3 Å². The van der Waals surface area contributed by atoms with Gasteiger partial charge in [0.25, 0.3) is 0 Å². The molecule has 0 bridgehead atoms. The first-order chi connectivity index (χ1) is 14.7. The lowest BCUT2D eigenvalue weighted by Crippen LogP contribution is -2.33. The van der Waals surface area contributed by atoms with Crippen LogP contribution in [0, 0.1) is 11.8 Å². The van der Waals surface area contributed by atoms with E-state index in [0.29, 0.717) is 30.6 Å². The van der Waals surface area contributed by atoms with Gasteiger partial charge in [-0.25, -0.2) is 4.98 Å². The van der Waals surface area contributed by atoms with E-state index in [1.807, 2.05) is 5.38 Å². The zero-order chi connectivity index (χ0) is 20.7. The first-order valence-corrected chi connectivity index (χ1v) is 12.2. The average Bonchev–Trinajstić information content (AvgIpc) is 3.41. The van der Waals surface area contributed by atoms with Crippen molar-refractivity contribution in [1.29, 1.82) is 0 Å².